The molecule has 2 amide bonds. The number of nitro benzene ring substituents is 1. The van der Waals surface area contributed by atoms with Crippen LogP contribution < -0.4 is 9.80 Å². The fourth-order valence-electron chi connectivity index (χ4n) is 6.53. The number of imide groups is 1. The number of hydrogen-bond donors (Lipinski definition) is 0. The maximum absolute atomic E-state index is 14.4. The van der Waals surface area contributed by atoms with Gasteiger partial charge in [-0.05, 0) is 34.9 Å². The van der Waals surface area contributed by atoms with Crippen molar-refractivity contribution < 1.29 is 24.0 Å². The van der Waals surface area contributed by atoms with Gasteiger partial charge >= 0.3 is 5.97 Å². The lowest BCUT2D eigenvalue weighted by Crippen LogP contribution is -2.49. The summed E-state index contributed by atoms with van der Waals surface area (Å²) in [5.41, 5.74) is 3.22. The minimum absolute atomic E-state index is 0.157. The Bertz CT molecular complexity index is 1730. The van der Waals surface area contributed by atoms with Gasteiger partial charge in [-0.1, -0.05) is 91.0 Å². The highest BCUT2D eigenvalue weighted by atomic mass is 16.6. The van der Waals surface area contributed by atoms with E-state index in [0.717, 1.165) is 27.3 Å². The molecule has 3 aliphatic heterocycles. The minimum atomic E-state index is -1.09. The molecule has 4 atom stereocenters. The second kappa shape index (κ2) is 10.4. The number of fused-ring (bicyclic) bond motifs is 5. The van der Waals surface area contributed by atoms with E-state index in [9.17, 15) is 24.5 Å². The molecule has 4 aromatic rings. The summed E-state index contributed by atoms with van der Waals surface area (Å²) >= 11 is 0. The van der Waals surface area contributed by atoms with E-state index in [0.29, 0.717) is 0 Å². The number of para-hydroxylation sites is 1. The third-order valence-electron chi connectivity index (χ3n) is 8.41. The van der Waals surface area contributed by atoms with Gasteiger partial charge in [-0.25, -0.2) is 9.69 Å². The van der Waals surface area contributed by atoms with Crippen LogP contribution in [0.15, 0.2) is 115 Å². The third-order valence-corrected chi connectivity index (χ3v) is 8.41. The number of carbonyl (C=O) groups is 3. The average Bonchev–Trinajstić information content (AvgIpc) is 3.53. The summed E-state index contributed by atoms with van der Waals surface area (Å²) in [4.78, 5) is 56.0. The van der Waals surface area contributed by atoms with Crippen LogP contribution in [0.4, 0.5) is 17.1 Å². The predicted molar refractivity (Wildman–Crippen MR) is 159 cm³/mol. The Hall–Kier alpha value is -5.57. The van der Waals surface area contributed by atoms with Crippen molar-refractivity contribution in [1.29, 1.82) is 0 Å². The average molecular weight is 572 g/mol. The Morgan fingerprint density at radius 2 is 1.35 bits per heavy atom. The molecule has 3 heterocycles. The summed E-state index contributed by atoms with van der Waals surface area (Å²) in [5.74, 6) is -3.49. The summed E-state index contributed by atoms with van der Waals surface area (Å²) in [5, 5.41) is 11.2. The molecule has 0 unspecified atom stereocenters. The van der Waals surface area contributed by atoms with E-state index >= 15 is 0 Å². The van der Waals surface area contributed by atoms with Crippen LogP contribution in [-0.2, 0) is 19.1 Å². The largest absolute Gasteiger partial charge is 0.451 e. The SMILES string of the molecule is O=C(OC(c1ccccc1)c1ccccc1)[C@@H]1[C@@H]2C(=O)N(c3ccc([N+](=O)[O-])cc3)C(=O)[C@H]2[C@@H]2C=Cc3ccccc3N12. The monoisotopic (exact) mass is 571 g/mol. The minimum Gasteiger partial charge on any atom is -0.451 e. The van der Waals surface area contributed by atoms with E-state index < -0.39 is 52.7 Å². The molecule has 3 aliphatic rings. The zero-order valence-electron chi connectivity index (χ0n) is 22.7. The van der Waals surface area contributed by atoms with Crippen LogP contribution in [0.3, 0.4) is 0 Å². The molecule has 2 fully saturated rings. The standard InChI is InChI=1S/C34H25N3O6/c38-32-28-27-20-15-21-9-7-8-14-26(21)36(27)30(29(28)33(39)35(32)24-16-18-25(19-17-24)37(41)42)34(40)43-31(22-10-3-1-4-11-22)23-12-5-2-6-13-23/h1-20,27-31H/t27-,28-,29+,30-/m0/s1. The fourth-order valence-corrected chi connectivity index (χ4v) is 6.53. The first-order chi connectivity index (χ1) is 20.9. The van der Waals surface area contributed by atoms with E-state index in [1.807, 2.05) is 102 Å². The first-order valence-corrected chi connectivity index (χ1v) is 13.9. The van der Waals surface area contributed by atoms with E-state index in [1.165, 1.54) is 24.3 Å². The molecule has 0 aliphatic carbocycles. The zero-order chi connectivity index (χ0) is 29.7. The van der Waals surface area contributed by atoms with Gasteiger partial charge in [0.2, 0.25) is 11.8 Å². The van der Waals surface area contributed by atoms with E-state index in [1.54, 1.807) is 0 Å². The molecule has 2 saturated heterocycles. The number of esters is 1. The molecule has 4 aromatic carbocycles. The summed E-state index contributed by atoms with van der Waals surface area (Å²) in [6.07, 6.45) is 3.04. The normalized spacial score (nSPS) is 21.9. The van der Waals surface area contributed by atoms with Crippen molar-refractivity contribution in [2.45, 2.75) is 18.2 Å². The van der Waals surface area contributed by atoms with Crippen LogP contribution in [0.5, 0.6) is 0 Å². The zero-order valence-corrected chi connectivity index (χ0v) is 22.7. The van der Waals surface area contributed by atoms with Gasteiger partial charge in [-0.3, -0.25) is 19.7 Å². The van der Waals surface area contributed by atoms with E-state index in [4.69, 9.17) is 4.74 Å². The molecule has 43 heavy (non-hydrogen) atoms. The van der Waals surface area contributed by atoms with Crippen LogP contribution in [0, 0.1) is 22.0 Å². The van der Waals surface area contributed by atoms with Crippen LogP contribution in [-0.4, -0.2) is 34.8 Å². The Balaban J connectivity index is 1.30. The summed E-state index contributed by atoms with van der Waals surface area (Å²) < 4.78 is 6.28. The van der Waals surface area contributed by atoms with Gasteiger partial charge in [-0.2, -0.15) is 0 Å². The predicted octanol–water partition coefficient (Wildman–Crippen LogP) is 5.32. The molecule has 0 radical (unpaired) electrons. The Kier molecular flexibility index (Phi) is 6.35. The van der Waals surface area contributed by atoms with Crippen molar-refractivity contribution >= 4 is 40.9 Å². The smallest absolute Gasteiger partial charge is 0.330 e. The maximum atomic E-state index is 14.4. The number of non-ortho nitro benzene ring substituents is 1. The Morgan fingerprint density at radius 1 is 0.767 bits per heavy atom. The topological polar surface area (TPSA) is 110 Å². The van der Waals surface area contributed by atoms with Gasteiger partial charge in [-0.15, -0.1) is 0 Å². The number of benzene rings is 4. The second-order valence-electron chi connectivity index (χ2n) is 10.7. The summed E-state index contributed by atoms with van der Waals surface area (Å²) in [6.45, 7) is 0. The van der Waals surface area contributed by atoms with Gasteiger partial charge < -0.3 is 9.64 Å². The number of anilines is 2. The molecule has 7 rings (SSSR count). The number of nitrogens with zero attached hydrogens (tertiary/aromatic N) is 3. The first-order valence-electron chi connectivity index (χ1n) is 13.9. The Morgan fingerprint density at radius 3 is 1.98 bits per heavy atom. The second-order valence-corrected chi connectivity index (χ2v) is 10.7. The molecule has 212 valence electrons. The lowest BCUT2D eigenvalue weighted by molar-refractivity contribution is -0.384. The Labute approximate surface area is 246 Å². The quantitative estimate of drug-likeness (QED) is 0.133. The van der Waals surface area contributed by atoms with Crippen molar-refractivity contribution in [3.8, 4) is 0 Å². The van der Waals surface area contributed by atoms with Crippen LogP contribution in [0.1, 0.15) is 22.8 Å². The highest BCUT2D eigenvalue weighted by Gasteiger charge is 2.65. The summed E-state index contributed by atoms with van der Waals surface area (Å²) in [6, 6.07) is 29.9. The number of hydrogen-bond acceptors (Lipinski definition) is 7. The lowest BCUT2D eigenvalue weighted by Gasteiger charge is -2.36. The molecule has 0 aromatic heterocycles. The van der Waals surface area contributed by atoms with Crippen LogP contribution in [0.25, 0.3) is 6.08 Å². The van der Waals surface area contributed by atoms with Crippen molar-refractivity contribution in [2.75, 3.05) is 9.80 Å². The van der Waals surface area contributed by atoms with Crippen molar-refractivity contribution in [3.05, 3.63) is 142 Å². The number of ether oxygens (including phenoxy) is 1. The van der Waals surface area contributed by atoms with Crippen LogP contribution >= 0.6 is 0 Å². The molecular formula is C34H25N3O6. The van der Waals surface area contributed by atoms with E-state index in [-0.39, 0.29) is 11.4 Å². The van der Waals surface area contributed by atoms with Crippen LogP contribution in [0.2, 0.25) is 0 Å². The fraction of sp³-hybridized carbons (Fsp3) is 0.147. The summed E-state index contributed by atoms with van der Waals surface area (Å²) in [7, 11) is 0. The molecule has 0 bridgehead atoms. The molecule has 9 heteroatoms. The first kappa shape index (κ1) is 26.3. The number of nitro groups is 1. The van der Waals surface area contributed by atoms with Gasteiger partial charge in [0.05, 0.1) is 28.5 Å². The number of carbonyl (C=O) groups excluding carboxylic acids is 3. The lowest BCUT2D eigenvalue weighted by atomic mass is 9.88. The molecule has 0 spiro atoms. The molecule has 0 N–H and O–H groups in total. The van der Waals surface area contributed by atoms with Crippen molar-refractivity contribution in [2.24, 2.45) is 11.8 Å². The van der Waals surface area contributed by atoms with E-state index in [2.05, 4.69) is 0 Å². The van der Waals surface area contributed by atoms with Gasteiger partial charge in [0.25, 0.3) is 5.69 Å². The third kappa shape index (κ3) is 4.28. The molecule has 9 nitrogen and oxygen atoms in total. The highest BCUT2D eigenvalue weighted by Crippen LogP contribution is 2.50. The maximum Gasteiger partial charge on any atom is 0.330 e. The molecular weight excluding hydrogens is 546 g/mol. The van der Waals surface area contributed by atoms with Gasteiger partial charge in [0.15, 0.2) is 6.10 Å². The number of amides is 2. The van der Waals surface area contributed by atoms with Gasteiger partial charge in [0.1, 0.15) is 6.04 Å². The van der Waals surface area contributed by atoms with Crippen molar-refractivity contribution in [3.63, 3.8) is 0 Å². The highest BCUT2D eigenvalue weighted by molar-refractivity contribution is 6.24. The van der Waals surface area contributed by atoms with Gasteiger partial charge in [0, 0.05) is 17.8 Å². The van der Waals surface area contributed by atoms with Crippen molar-refractivity contribution in [1.82, 2.24) is 0 Å². The number of rotatable bonds is 6. The molecule has 0 saturated carbocycles.